The van der Waals surface area contributed by atoms with Crippen molar-refractivity contribution in [3.05, 3.63) is 89.5 Å². The first-order chi connectivity index (χ1) is 19.4. The van der Waals surface area contributed by atoms with Gasteiger partial charge in [0.05, 0.1) is 21.0 Å². The van der Waals surface area contributed by atoms with Gasteiger partial charge in [-0.15, -0.1) is 0 Å². The lowest BCUT2D eigenvalue weighted by molar-refractivity contribution is -0.242. The van der Waals surface area contributed by atoms with Crippen LogP contribution in [0.4, 0.5) is 32.0 Å². The molecule has 3 aromatic rings. The van der Waals surface area contributed by atoms with Crippen molar-refractivity contribution in [3.63, 3.8) is 0 Å². The Morgan fingerprint density at radius 2 is 1.43 bits per heavy atom. The van der Waals surface area contributed by atoms with Crippen molar-refractivity contribution < 1.29 is 48.3 Å². The number of sulfonamides is 1. The van der Waals surface area contributed by atoms with Crippen LogP contribution in [0.25, 0.3) is 0 Å². The van der Waals surface area contributed by atoms with Gasteiger partial charge in [0, 0.05) is 23.9 Å². The number of halogens is 6. The van der Waals surface area contributed by atoms with Gasteiger partial charge in [-0.2, -0.15) is 26.3 Å². The lowest BCUT2D eigenvalue weighted by Crippen LogP contribution is -2.45. The molecule has 0 heterocycles. The second-order valence-corrected chi connectivity index (χ2v) is 13.6. The zero-order valence-electron chi connectivity index (χ0n) is 21.7. The first-order valence-electron chi connectivity index (χ1n) is 12.3. The van der Waals surface area contributed by atoms with E-state index >= 15 is 0 Å². The van der Waals surface area contributed by atoms with Crippen LogP contribution in [0.3, 0.4) is 0 Å². The van der Waals surface area contributed by atoms with Crippen LogP contribution in [0.2, 0.25) is 0 Å². The summed E-state index contributed by atoms with van der Waals surface area (Å²) in [4.78, 5) is -0.563. The lowest BCUT2D eigenvalue weighted by atomic mass is 9.87. The van der Waals surface area contributed by atoms with Gasteiger partial charge in [-0.1, -0.05) is 30.2 Å². The number of alkyl halides is 6. The molecule has 3 aromatic carbocycles. The maximum atomic E-state index is 14.7. The Morgan fingerprint density at radius 1 is 0.833 bits per heavy atom. The van der Waals surface area contributed by atoms with Crippen LogP contribution in [0.15, 0.2) is 82.6 Å². The normalized spacial score (nSPS) is 15.8. The minimum atomic E-state index is -5.84. The molecule has 1 saturated carbocycles. The Balaban J connectivity index is 2.00. The van der Waals surface area contributed by atoms with Gasteiger partial charge in [0.25, 0.3) is 15.6 Å². The van der Waals surface area contributed by atoms with Gasteiger partial charge < -0.3 is 5.11 Å². The summed E-state index contributed by atoms with van der Waals surface area (Å²) in [5.74, 6) is 3.16. The number of nitrogens with zero attached hydrogens (tertiary/aromatic N) is 1. The van der Waals surface area contributed by atoms with Gasteiger partial charge in [-0.3, -0.25) is 4.31 Å². The second-order valence-electron chi connectivity index (χ2n) is 9.74. The lowest BCUT2D eigenvalue weighted by Gasteiger charge is -2.34. The summed E-state index contributed by atoms with van der Waals surface area (Å²) in [5.41, 5.74) is -9.49. The third-order valence-corrected chi connectivity index (χ3v) is 9.43. The minimum Gasteiger partial charge on any atom is -0.366 e. The van der Waals surface area contributed by atoms with E-state index in [9.17, 15) is 48.3 Å². The van der Waals surface area contributed by atoms with E-state index in [1.165, 1.54) is 24.1 Å². The van der Waals surface area contributed by atoms with Crippen molar-refractivity contribution in [2.24, 2.45) is 5.92 Å². The summed E-state index contributed by atoms with van der Waals surface area (Å²) < 4.78 is 138. The van der Waals surface area contributed by atoms with Crippen LogP contribution in [-0.2, 0) is 31.6 Å². The molecule has 1 aliphatic carbocycles. The molecule has 42 heavy (non-hydrogen) atoms. The monoisotopic (exact) mass is 631 g/mol. The van der Waals surface area contributed by atoms with Gasteiger partial charge in [-0.25, -0.2) is 16.8 Å². The van der Waals surface area contributed by atoms with Crippen LogP contribution < -0.4 is 4.31 Å². The first kappa shape index (κ1) is 31.4. The van der Waals surface area contributed by atoms with Crippen molar-refractivity contribution in [1.82, 2.24) is 0 Å². The van der Waals surface area contributed by atoms with Crippen LogP contribution in [0.5, 0.6) is 0 Å². The number of hydrogen-bond donors (Lipinski definition) is 1. The number of benzene rings is 3. The molecule has 4 rings (SSSR count). The summed E-state index contributed by atoms with van der Waals surface area (Å²) in [7, 11) is -8.38. The van der Waals surface area contributed by atoms with Gasteiger partial charge in [-0.05, 0) is 73.2 Å². The highest BCUT2D eigenvalue weighted by atomic mass is 32.2. The summed E-state index contributed by atoms with van der Waals surface area (Å²) in [6.45, 7) is -0.431. The molecule has 1 aliphatic rings. The van der Waals surface area contributed by atoms with Crippen molar-refractivity contribution in [1.29, 1.82) is 0 Å². The smallest absolute Gasteiger partial charge is 0.366 e. The molecule has 1 N–H and O–H groups in total. The van der Waals surface area contributed by atoms with E-state index in [0.29, 0.717) is 23.2 Å². The SMILES string of the molecule is CS(=O)(=O)c1ccc(C#CC(O)(c2c(N(CC3CC3)S(=O)(=O)c3ccccc3)cccc2C(F)(F)F)C(F)(F)F)cc1. The molecule has 6 nitrogen and oxygen atoms in total. The molecule has 0 bridgehead atoms. The average molecular weight is 632 g/mol. The molecule has 0 saturated heterocycles. The predicted molar refractivity (Wildman–Crippen MR) is 142 cm³/mol. The van der Waals surface area contributed by atoms with Crippen LogP contribution in [0, 0.1) is 17.8 Å². The average Bonchev–Trinajstić information content (AvgIpc) is 3.73. The number of hydrogen-bond acceptors (Lipinski definition) is 5. The summed E-state index contributed by atoms with van der Waals surface area (Å²) in [6.07, 6.45) is -9.40. The second kappa shape index (κ2) is 10.9. The summed E-state index contributed by atoms with van der Waals surface area (Å²) in [5, 5.41) is 11.1. The number of sulfone groups is 1. The van der Waals surface area contributed by atoms with E-state index in [1.54, 1.807) is 0 Å². The van der Waals surface area contributed by atoms with Crippen molar-refractivity contribution in [3.8, 4) is 11.8 Å². The van der Waals surface area contributed by atoms with Gasteiger partial charge in [0.15, 0.2) is 9.84 Å². The van der Waals surface area contributed by atoms with Crippen molar-refractivity contribution in [2.45, 2.75) is 40.6 Å². The molecule has 224 valence electrons. The quantitative estimate of drug-likeness (QED) is 0.274. The predicted octanol–water partition coefficient (Wildman–Crippen LogP) is 5.52. The van der Waals surface area contributed by atoms with Crippen molar-refractivity contribution >= 4 is 25.5 Å². The van der Waals surface area contributed by atoms with E-state index in [0.717, 1.165) is 54.8 Å². The number of rotatable bonds is 7. The maximum absolute atomic E-state index is 14.7. The molecule has 0 aromatic heterocycles. The fourth-order valence-electron chi connectivity index (χ4n) is 4.17. The van der Waals surface area contributed by atoms with E-state index < -0.39 is 61.2 Å². The summed E-state index contributed by atoms with van der Waals surface area (Å²) >= 11 is 0. The highest BCUT2D eigenvalue weighted by molar-refractivity contribution is 7.92. The van der Waals surface area contributed by atoms with Crippen LogP contribution in [-0.4, -0.2) is 40.9 Å². The molecule has 0 amide bonds. The Hall–Kier alpha value is -3.54. The number of anilines is 1. The first-order valence-corrected chi connectivity index (χ1v) is 15.6. The van der Waals surface area contributed by atoms with E-state index in [4.69, 9.17) is 0 Å². The van der Waals surface area contributed by atoms with Crippen LogP contribution >= 0.6 is 0 Å². The molecule has 0 aliphatic heterocycles. The molecule has 14 heteroatoms. The van der Waals surface area contributed by atoms with Crippen molar-refractivity contribution in [2.75, 3.05) is 17.1 Å². The maximum Gasteiger partial charge on any atom is 0.433 e. The standard InChI is InChI=1S/C28H23F6NO5S2/c1-41(37,38)21-14-12-19(13-15-21)16-17-26(36,28(32,33)34)25-23(27(29,30)31)8-5-9-24(25)35(18-20-10-11-20)42(39,40)22-6-3-2-4-7-22/h2-9,12-15,20,36H,10-11,18H2,1H3. The third kappa shape index (κ3) is 6.43. The molecule has 1 atom stereocenters. The molecule has 1 fully saturated rings. The van der Waals surface area contributed by atoms with Gasteiger partial charge in [0.1, 0.15) is 0 Å². The zero-order chi connectivity index (χ0) is 31.1. The molecular formula is C28H23F6NO5S2. The molecule has 0 radical (unpaired) electrons. The van der Waals surface area contributed by atoms with E-state index in [1.807, 2.05) is 5.92 Å². The fraction of sp³-hybridized carbons (Fsp3) is 0.286. The van der Waals surface area contributed by atoms with Gasteiger partial charge >= 0.3 is 12.4 Å². The highest BCUT2D eigenvalue weighted by Crippen LogP contribution is 2.49. The Kier molecular flexibility index (Phi) is 8.18. The fourth-order valence-corrected chi connectivity index (χ4v) is 6.37. The topological polar surface area (TPSA) is 91.8 Å². The van der Waals surface area contributed by atoms with E-state index in [2.05, 4.69) is 0 Å². The summed E-state index contributed by atoms with van der Waals surface area (Å²) in [6, 6.07) is 12.4. The molecule has 0 spiro atoms. The van der Waals surface area contributed by atoms with Crippen LogP contribution in [0.1, 0.15) is 29.5 Å². The molecular weight excluding hydrogens is 608 g/mol. The minimum absolute atomic E-state index is 0.189. The zero-order valence-corrected chi connectivity index (χ0v) is 23.4. The Morgan fingerprint density at radius 3 is 1.93 bits per heavy atom. The Labute approximate surface area is 238 Å². The number of aliphatic hydroxyl groups is 1. The Bertz CT molecular complexity index is 1740. The molecule has 1 unspecified atom stereocenters. The highest BCUT2D eigenvalue weighted by Gasteiger charge is 2.59. The van der Waals surface area contributed by atoms with Gasteiger partial charge in [0.2, 0.25) is 0 Å². The third-order valence-electron chi connectivity index (χ3n) is 6.51. The van der Waals surface area contributed by atoms with E-state index in [-0.39, 0.29) is 21.3 Å². The largest absolute Gasteiger partial charge is 0.433 e.